The fourth-order valence-electron chi connectivity index (χ4n) is 0.718. The first-order chi connectivity index (χ1) is 4.63. The molecule has 1 rings (SSSR count). The first kappa shape index (κ1) is 7.19. The van der Waals surface area contributed by atoms with Gasteiger partial charge in [0.2, 0.25) is 0 Å². The molecule has 0 heterocycles. The number of halogens is 2. The second-order valence-electron chi connectivity index (χ2n) is 2.15. The second kappa shape index (κ2) is 2.37. The lowest BCUT2D eigenvalue weighted by Gasteiger charge is -1.99. The SMILES string of the molecule is [CH2]c1ccc(F)c(C)c1F. The Hall–Kier alpha value is -0.920. The Morgan fingerprint density at radius 3 is 2.40 bits per heavy atom. The average Bonchev–Trinajstić information content (AvgIpc) is 1.93. The Bertz CT molecular complexity index is 227. The highest BCUT2D eigenvalue weighted by atomic mass is 19.1. The first-order valence-corrected chi connectivity index (χ1v) is 2.89. The molecule has 1 radical (unpaired) electrons. The normalized spacial score (nSPS) is 10.0. The minimum Gasteiger partial charge on any atom is -0.207 e. The third-order valence-corrected chi connectivity index (χ3v) is 1.40. The highest BCUT2D eigenvalue weighted by Crippen LogP contribution is 2.13. The lowest BCUT2D eigenvalue weighted by molar-refractivity contribution is 0.565. The molecule has 1 aromatic carbocycles. The van der Waals surface area contributed by atoms with Crippen LogP contribution < -0.4 is 0 Å². The van der Waals surface area contributed by atoms with Gasteiger partial charge in [-0.3, -0.25) is 0 Å². The van der Waals surface area contributed by atoms with Crippen molar-refractivity contribution in [2.45, 2.75) is 6.92 Å². The molecule has 0 amide bonds. The summed E-state index contributed by atoms with van der Waals surface area (Å²) < 4.78 is 25.2. The zero-order valence-corrected chi connectivity index (χ0v) is 5.62. The predicted octanol–water partition coefficient (Wildman–Crippen LogP) is 2.46. The van der Waals surface area contributed by atoms with Crippen LogP contribution in [0.2, 0.25) is 0 Å². The quantitative estimate of drug-likeness (QED) is 0.520. The van der Waals surface area contributed by atoms with Crippen LogP contribution in [0.1, 0.15) is 11.1 Å². The molecule has 0 saturated heterocycles. The third kappa shape index (κ3) is 1.01. The van der Waals surface area contributed by atoms with Crippen LogP contribution in [0, 0.1) is 25.5 Å². The van der Waals surface area contributed by atoms with Crippen molar-refractivity contribution in [1.29, 1.82) is 0 Å². The van der Waals surface area contributed by atoms with Gasteiger partial charge in [-0.2, -0.15) is 0 Å². The van der Waals surface area contributed by atoms with Gasteiger partial charge in [-0.1, -0.05) is 6.07 Å². The number of rotatable bonds is 0. The molecule has 0 bridgehead atoms. The van der Waals surface area contributed by atoms with E-state index in [1.165, 1.54) is 19.1 Å². The van der Waals surface area contributed by atoms with E-state index in [9.17, 15) is 8.78 Å². The number of hydrogen-bond acceptors (Lipinski definition) is 0. The van der Waals surface area contributed by atoms with E-state index in [1.54, 1.807) is 0 Å². The van der Waals surface area contributed by atoms with E-state index in [0.717, 1.165) is 0 Å². The highest BCUT2D eigenvalue weighted by Gasteiger charge is 2.04. The van der Waals surface area contributed by atoms with Crippen LogP contribution >= 0.6 is 0 Å². The molecule has 0 aliphatic heterocycles. The first-order valence-electron chi connectivity index (χ1n) is 2.89. The summed E-state index contributed by atoms with van der Waals surface area (Å²) in [4.78, 5) is 0. The summed E-state index contributed by atoms with van der Waals surface area (Å²) in [7, 11) is 0. The minimum atomic E-state index is -0.556. The van der Waals surface area contributed by atoms with Gasteiger partial charge in [0.25, 0.3) is 0 Å². The molecule has 0 atom stereocenters. The monoisotopic (exact) mass is 141 g/mol. The maximum atomic E-state index is 12.7. The molecule has 2 heteroatoms. The van der Waals surface area contributed by atoms with Gasteiger partial charge in [0.05, 0.1) is 0 Å². The highest BCUT2D eigenvalue weighted by molar-refractivity contribution is 5.27. The second-order valence-corrected chi connectivity index (χ2v) is 2.15. The van der Waals surface area contributed by atoms with Gasteiger partial charge in [-0.05, 0) is 25.5 Å². The summed E-state index contributed by atoms with van der Waals surface area (Å²) in [6.07, 6.45) is 0. The van der Waals surface area contributed by atoms with Gasteiger partial charge in [0, 0.05) is 5.56 Å². The largest absolute Gasteiger partial charge is 0.207 e. The molecular formula is C8H7F2. The standard InChI is InChI=1S/C8H7F2/c1-5-3-4-7(9)6(2)8(5)10/h3-4H,1H2,2H3. The molecule has 53 valence electrons. The summed E-state index contributed by atoms with van der Waals surface area (Å²) in [6.45, 7) is 4.77. The Kier molecular flexibility index (Phi) is 1.70. The van der Waals surface area contributed by atoms with Crippen LogP contribution in [0.4, 0.5) is 8.78 Å². The van der Waals surface area contributed by atoms with Crippen molar-refractivity contribution in [3.63, 3.8) is 0 Å². The maximum absolute atomic E-state index is 12.7. The smallest absolute Gasteiger partial charge is 0.132 e. The van der Waals surface area contributed by atoms with Crippen LogP contribution in [0.3, 0.4) is 0 Å². The maximum Gasteiger partial charge on any atom is 0.132 e. The molecule has 0 aliphatic rings. The Morgan fingerprint density at radius 1 is 1.30 bits per heavy atom. The number of hydrogen-bond donors (Lipinski definition) is 0. The van der Waals surface area contributed by atoms with Crippen molar-refractivity contribution in [2.24, 2.45) is 0 Å². The van der Waals surface area contributed by atoms with Crippen molar-refractivity contribution >= 4 is 0 Å². The van der Waals surface area contributed by atoms with Gasteiger partial charge >= 0.3 is 0 Å². The Labute approximate surface area is 58.5 Å². The summed E-state index contributed by atoms with van der Waals surface area (Å²) in [5.41, 5.74) is 0.270. The van der Waals surface area contributed by atoms with E-state index >= 15 is 0 Å². The summed E-state index contributed by atoms with van der Waals surface area (Å²) in [5.74, 6) is -1.08. The van der Waals surface area contributed by atoms with Crippen LogP contribution in [0.15, 0.2) is 12.1 Å². The van der Waals surface area contributed by atoms with Gasteiger partial charge in [0.15, 0.2) is 0 Å². The molecule has 1 aromatic rings. The fourth-order valence-corrected chi connectivity index (χ4v) is 0.718. The van der Waals surface area contributed by atoms with Crippen molar-refractivity contribution in [2.75, 3.05) is 0 Å². The van der Waals surface area contributed by atoms with E-state index in [4.69, 9.17) is 0 Å². The van der Waals surface area contributed by atoms with Crippen molar-refractivity contribution in [3.05, 3.63) is 41.8 Å². The average molecular weight is 141 g/mol. The summed E-state index contributed by atoms with van der Waals surface area (Å²) in [6, 6.07) is 2.53. The minimum absolute atomic E-state index is 0.0347. The summed E-state index contributed by atoms with van der Waals surface area (Å²) in [5, 5.41) is 0. The lowest BCUT2D eigenvalue weighted by Crippen LogP contribution is -1.90. The van der Waals surface area contributed by atoms with Crippen molar-refractivity contribution < 1.29 is 8.78 Å². The Balaban J connectivity index is 3.34. The molecule has 0 unspecified atom stereocenters. The van der Waals surface area contributed by atoms with Gasteiger partial charge in [0.1, 0.15) is 11.6 Å². The van der Waals surface area contributed by atoms with E-state index in [-0.39, 0.29) is 11.1 Å². The van der Waals surface area contributed by atoms with Crippen molar-refractivity contribution in [3.8, 4) is 0 Å². The molecular weight excluding hydrogens is 134 g/mol. The molecule has 0 aliphatic carbocycles. The molecule has 0 fully saturated rings. The summed E-state index contributed by atoms with van der Waals surface area (Å²) >= 11 is 0. The molecule has 10 heavy (non-hydrogen) atoms. The fraction of sp³-hybridized carbons (Fsp3) is 0.125. The molecule has 0 nitrogen and oxygen atoms in total. The van der Waals surface area contributed by atoms with Crippen LogP contribution in [0.5, 0.6) is 0 Å². The lowest BCUT2D eigenvalue weighted by atomic mass is 10.1. The molecule has 0 aromatic heterocycles. The number of benzene rings is 1. The third-order valence-electron chi connectivity index (χ3n) is 1.40. The van der Waals surface area contributed by atoms with E-state index in [1.807, 2.05) is 0 Å². The molecule has 0 saturated carbocycles. The zero-order chi connectivity index (χ0) is 7.72. The van der Waals surface area contributed by atoms with E-state index in [0.29, 0.717) is 0 Å². The van der Waals surface area contributed by atoms with Crippen molar-refractivity contribution in [1.82, 2.24) is 0 Å². The van der Waals surface area contributed by atoms with Crippen LogP contribution in [-0.2, 0) is 0 Å². The van der Waals surface area contributed by atoms with E-state index < -0.39 is 11.6 Å². The van der Waals surface area contributed by atoms with Gasteiger partial charge < -0.3 is 0 Å². The molecule has 0 spiro atoms. The topological polar surface area (TPSA) is 0 Å². The van der Waals surface area contributed by atoms with E-state index in [2.05, 4.69) is 6.92 Å². The van der Waals surface area contributed by atoms with Gasteiger partial charge in [-0.15, -0.1) is 0 Å². The van der Waals surface area contributed by atoms with Gasteiger partial charge in [-0.25, -0.2) is 8.78 Å². The predicted molar refractivity (Wildman–Crippen MR) is 35.6 cm³/mol. The van der Waals surface area contributed by atoms with Crippen LogP contribution in [0.25, 0.3) is 0 Å². The zero-order valence-electron chi connectivity index (χ0n) is 5.62. The van der Waals surface area contributed by atoms with Crippen LogP contribution in [-0.4, -0.2) is 0 Å². The molecule has 0 N–H and O–H groups in total. The Morgan fingerprint density at radius 2 is 1.90 bits per heavy atom.